The molecule has 0 aliphatic rings. The van der Waals surface area contributed by atoms with Gasteiger partial charge in [-0.1, -0.05) is 79.2 Å². The van der Waals surface area contributed by atoms with Crippen LogP contribution in [0.15, 0.2) is 102 Å². The van der Waals surface area contributed by atoms with E-state index in [1.54, 1.807) is 24.3 Å². The summed E-state index contributed by atoms with van der Waals surface area (Å²) in [5.41, 5.74) is 3.91. The van der Waals surface area contributed by atoms with E-state index in [1.807, 2.05) is 82.3 Å². The number of nitrogens with zero attached hydrogens (tertiary/aromatic N) is 2. The lowest BCUT2D eigenvalue weighted by molar-refractivity contribution is -0.140. The van der Waals surface area contributed by atoms with Gasteiger partial charge in [0.05, 0.1) is 24.8 Å². The summed E-state index contributed by atoms with van der Waals surface area (Å²) in [5, 5.41) is 3.07. The highest BCUT2D eigenvalue weighted by Crippen LogP contribution is 2.32. The summed E-state index contributed by atoms with van der Waals surface area (Å²) in [6.45, 7) is 7.30. The predicted octanol–water partition coefficient (Wildman–Crippen LogP) is 6.07. The Morgan fingerprint density at radius 1 is 0.833 bits per heavy atom. The zero-order valence-corrected chi connectivity index (χ0v) is 29.3. The number of anilines is 1. The molecule has 0 saturated carbocycles. The SMILES string of the molecule is CC[C@H](C)NC(=O)[C@H](Cc1ccccc1)N(Cc1ccccc1C)C(=O)CN(c1ccc(C)cc1)S(=O)(=O)c1ccc(OC)c(OC)c1. The molecule has 0 heterocycles. The van der Waals surface area contributed by atoms with Gasteiger partial charge in [0.1, 0.15) is 12.6 Å². The molecule has 0 unspecified atom stereocenters. The minimum atomic E-state index is -4.31. The number of amides is 2. The molecule has 1 N–H and O–H groups in total. The third-order valence-electron chi connectivity index (χ3n) is 8.42. The van der Waals surface area contributed by atoms with Crippen molar-refractivity contribution in [2.24, 2.45) is 0 Å². The maximum Gasteiger partial charge on any atom is 0.264 e. The fraction of sp³-hybridized carbons (Fsp3) is 0.316. The first-order valence-corrected chi connectivity index (χ1v) is 17.4. The minimum Gasteiger partial charge on any atom is -0.493 e. The maximum absolute atomic E-state index is 14.7. The van der Waals surface area contributed by atoms with Crippen molar-refractivity contribution in [1.29, 1.82) is 0 Å². The molecule has 0 saturated heterocycles. The summed E-state index contributed by atoms with van der Waals surface area (Å²) in [5.74, 6) is -0.225. The van der Waals surface area contributed by atoms with Crippen LogP contribution < -0.4 is 19.1 Å². The highest BCUT2D eigenvalue weighted by Gasteiger charge is 2.35. The number of aryl methyl sites for hydroxylation is 2. The summed E-state index contributed by atoms with van der Waals surface area (Å²) in [4.78, 5) is 30.2. The Balaban J connectivity index is 1.84. The molecule has 9 nitrogen and oxygen atoms in total. The molecule has 254 valence electrons. The predicted molar refractivity (Wildman–Crippen MR) is 189 cm³/mol. The Hall–Kier alpha value is -4.83. The Morgan fingerprint density at radius 3 is 2.10 bits per heavy atom. The molecule has 0 bridgehead atoms. The lowest BCUT2D eigenvalue weighted by Crippen LogP contribution is -2.54. The highest BCUT2D eigenvalue weighted by molar-refractivity contribution is 7.92. The molecule has 4 rings (SSSR count). The zero-order chi connectivity index (χ0) is 34.8. The van der Waals surface area contributed by atoms with Gasteiger partial charge in [0, 0.05) is 25.1 Å². The van der Waals surface area contributed by atoms with E-state index in [-0.39, 0.29) is 35.6 Å². The summed E-state index contributed by atoms with van der Waals surface area (Å²) in [6, 6.07) is 27.4. The van der Waals surface area contributed by atoms with E-state index in [4.69, 9.17) is 9.47 Å². The van der Waals surface area contributed by atoms with Crippen molar-refractivity contribution in [3.63, 3.8) is 0 Å². The molecule has 0 aliphatic carbocycles. The van der Waals surface area contributed by atoms with Crippen molar-refractivity contribution in [3.8, 4) is 11.5 Å². The molecule has 2 amide bonds. The Bertz CT molecular complexity index is 1800. The van der Waals surface area contributed by atoms with Crippen LogP contribution in [0.5, 0.6) is 11.5 Å². The van der Waals surface area contributed by atoms with Crippen LogP contribution in [0.3, 0.4) is 0 Å². The molecule has 2 atom stereocenters. The summed E-state index contributed by atoms with van der Waals surface area (Å²) >= 11 is 0. The van der Waals surface area contributed by atoms with E-state index in [9.17, 15) is 18.0 Å². The maximum atomic E-state index is 14.7. The lowest BCUT2D eigenvalue weighted by atomic mass is 10.0. The average Bonchev–Trinajstić information content (AvgIpc) is 3.09. The first-order chi connectivity index (χ1) is 23.0. The largest absolute Gasteiger partial charge is 0.493 e. The number of carbonyl (C=O) groups is 2. The number of methoxy groups -OCH3 is 2. The van der Waals surface area contributed by atoms with Crippen molar-refractivity contribution in [1.82, 2.24) is 10.2 Å². The first-order valence-electron chi connectivity index (χ1n) is 16.0. The van der Waals surface area contributed by atoms with Gasteiger partial charge >= 0.3 is 0 Å². The fourth-order valence-electron chi connectivity index (χ4n) is 5.31. The highest BCUT2D eigenvalue weighted by atomic mass is 32.2. The molecule has 10 heteroatoms. The van der Waals surface area contributed by atoms with Crippen LogP contribution in [0.4, 0.5) is 5.69 Å². The van der Waals surface area contributed by atoms with Crippen LogP contribution >= 0.6 is 0 Å². The van der Waals surface area contributed by atoms with Crippen molar-refractivity contribution >= 4 is 27.5 Å². The van der Waals surface area contributed by atoms with Gasteiger partial charge < -0.3 is 19.7 Å². The summed E-state index contributed by atoms with van der Waals surface area (Å²) in [7, 11) is -1.42. The van der Waals surface area contributed by atoms with Crippen LogP contribution in [0.1, 0.15) is 42.5 Å². The van der Waals surface area contributed by atoms with Gasteiger partial charge in [0.2, 0.25) is 11.8 Å². The normalized spacial score (nSPS) is 12.5. The molecular formula is C38H45N3O6S. The molecule has 0 aliphatic heterocycles. The third-order valence-corrected chi connectivity index (χ3v) is 10.2. The minimum absolute atomic E-state index is 0.0747. The smallest absolute Gasteiger partial charge is 0.264 e. The second-order valence-corrected chi connectivity index (χ2v) is 13.7. The quantitative estimate of drug-likeness (QED) is 0.165. The van der Waals surface area contributed by atoms with Crippen molar-refractivity contribution in [2.45, 2.75) is 64.1 Å². The second-order valence-electron chi connectivity index (χ2n) is 11.8. The molecule has 0 radical (unpaired) electrons. The van der Waals surface area contributed by atoms with Gasteiger partial charge in [-0.3, -0.25) is 13.9 Å². The van der Waals surface area contributed by atoms with Crippen LogP contribution in [0.25, 0.3) is 0 Å². The van der Waals surface area contributed by atoms with Gasteiger partial charge in [0.15, 0.2) is 11.5 Å². The first kappa shape index (κ1) is 36.0. The number of hydrogen-bond donors (Lipinski definition) is 1. The molecule has 0 spiro atoms. The number of sulfonamides is 1. The average molecular weight is 672 g/mol. The van der Waals surface area contributed by atoms with E-state index in [1.165, 1.54) is 37.3 Å². The van der Waals surface area contributed by atoms with Crippen molar-refractivity contribution in [2.75, 3.05) is 25.1 Å². The molecule has 0 fully saturated rings. The summed E-state index contributed by atoms with van der Waals surface area (Å²) in [6.07, 6.45) is 0.952. The van der Waals surface area contributed by atoms with Gasteiger partial charge in [0.25, 0.3) is 10.0 Å². The van der Waals surface area contributed by atoms with Crippen LogP contribution in [-0.4, -0.2) is 58.0 Å². The van der Waals surface area contributed by atoms with Gasteiger partial charge in [-0.2, -0.15) is 0 Å². The topological polar surface area (TPSA) is 105 Å². The van der Waals surface area contributed by atoms with Crippen molar-refractivity contribution < 1.29 is 27.5 Å². The lowest BCUT2D eigenvalue weighted by Gasteiger charge is -2.34. The van der Waals surface area contributed by atoms with Gasteiger partial charge in [-0.05, 0) is 68.1 Å². The number of nitrogens with one attached hydrogen (secondary N) is 1. The van der Waals surface area contributed by atoms with Crippen LogP contribution in [0, 0.1) is 13.8 Å². The van der Waals surface area contributed by atoms with Gasteiger partial charge in [-0.25, -0.2) is 8.42 Å². The number of hydrogen-bond acceptors (Lipinski definition) is 6. The fourth-order valence-corrected chi connectivity index (χ4v) is 6.74. The number of rotatable bonds is 15. The van der Waals surface area contributed by atoms with Gasteiger partial charge in [-0.15, -0.1) is 0 Å². The molecule has 48 heavy (non-hydrogen) atoms. The molecular weight excluding hydrogens is 627 g/mol. The van der Waals surface area contributed by atoms with E-state index < -0.39 is 28.5 Å². The van der Waals surface area contributed by atoms with Crippen LogP contribution in [0.2, 0.25) is 0 Å². The monoisotopic (exact) mass is 671 g/mol. The van der Waals surface area contributed by atoms with E-state index in [2.05, 4.69) is 5.32 Å². The molecule has 4 aromatic rings. The standard InChI is InChI=1S/C38H45N3O6S/c1-7-29(4)39-38(43)34(23-30-14-9-8-10-15-30)40(25-31-16-12-11-13-28(31)3)37(42)26-41(32-19-17-27(2)18-20-32)48(44,45)33-21-22-35(46-5)36(24-33)47-6/h8-22,24,29,34H,7,23,25-26H2,1-6H3,(H,39,43)/t29-,34-/m0/s1. The van der Waals surface area contributed by atoms with Crippen molar-refractivity contribution in [3.05, 3.63) is 119 Å². The van der Waals surface area contributed by atoms with E-state index in [0.29, 0.717) is 17.9 Å². The van der Waals surface area contributed by atoms with E-state index in [0.717, 1.165) is 26.6 Å². The van der Waals surface area contributed by atoms with E-state index >= 15 is 0 Å². The number of ether oxygens (including phenoxy) is 2. The molecule has 0 aromatic heterocycles. The Kier molecular flexibility index (Phi) is 12.2. The number of benzene rings is 4. The Morgan fingerprint density at radius 2 is 1.48 bits per heavy atom. The summed E-state index contributed by atoms with van der Waals surface area (Å²) < 4.78 is 40.6. The number of carbonyl (C=O) groups excluding carboxylic acids is 2. The third kappa shape index (κ3) is 8.74. The molecule has 4 aromatic carbocycles. The second kappa shape index (κ2) is 16.3. The zero-order valence-electron chi connectivity index (χ0n) is 28.5. The van der Waals surface area contributed by atoms with Crippen LogP contribution in [-0.2, 0) is 32.6 Å². The Labute approximate surface area is 284 Å².